The van der Waals surface area contributed by atoms with E-state index in [4.69, 9.17) is 21.1 Å². The third kappa shape index (κ3) is 5.57. The summed E-state index contributed by atoms with van der Waals surface area (Å²) in [5, 5.41) is 2.83. The van der Waals surface area contributed by atoms with E-state index in [1.54, 1.807) is 12.1 Å². The van der Waals surface area contributed by atoms with Gasteiger partial charge in [-0.2, -0.15) is 4.31 Å². The average Bonchev–Trinajstić information content (AvgIpc) is 3.34. The number of ether oxygens (including phenoxy) is 2. The topological polar surface area (TPSA) is 88.2 Å². The van der Waals surface area contributed by atoms with Crippen LogP contribution in [0.25, 0.3) is 0 Å². The molecule has 0 radical (unpaired) electrons. The molecule has 2 aliphatic heterocycles. The monoisotopic (exact) mass is 497 g/mol. The van der Waals surface area contributed by atoms with Gasteiger partial charge in [0.15, 0.2) is 6.61 Å². The fourth-order valence-electron chi connectivity index (χ4n) is 3.87. The van der Waals surface area contributed by atoms with E-state index in [9.17, 15) is 17.6 Å². The zero-order valence-electron chi connectivity index (χ0n) is 17.9. The van der Waals surface area contributed by atoms with Crippen LogP contribution in [-0.4, -0.2) is 64.6 Å². The molecule has 4 rings (SSSR count). The van der Waals surface area contributed by atoms with Crippen molar-refractivity contribution in [1.29, 1.82) is 0 Å². The summed E-state index contributed by atoms with van der Waals surface area (Å²) in [5.41, 5.74) is 1.15. The van der Waals surface area contributed by atoms with Gasteiger partial charge in [-0.3, -0.25) is 4.79 Å². The molecule has 0 bridgehead atoms. The first-order valence-electron chi connectivity index (χ1n) is 10.7. The van der Waals surface area contributed by atoms with Gasteiger partial charge in [-0.1, -0.05) is 11.6 Å². The zero-order valence-corrected chi connectivity index (χ0v) is 19.5. The minimum absolute atomic E-state index is 0.0548. The number of benzene rings is 2. The molecule has 8 nitrogen and oxygen atoms in total. The van der Waals surface area contributed by atoms with Gasteiger partial charge in [0.2, 0.25) is 10.0 Å². The molecular weight excluding hydrogens is 473 g/mol. The van der Waals surface area contributed by atoms with E-state index >= 15 is 0 Å². The van der Waals surface area contributed by atoms with Crippen LogP contribution in [0, 0.1) is 5.82 Å². The van der Waals surface area contributed by atoms with E-state index in [0.717, 1.165) is 37.7 Å². The van der Waals surface area contributed by atoms with Crippen molar-refractivity contribution in [2.75, 3.05) is 56.2 Å². The van der Waals surface area contributed by atoms with E-state index in [1.165, 1.54) is 22.5 Å². The van der Waals surface area contributed by atoms with Crippen molar-refractivity contribution in [2.24, 2.45) is 0 Å². The summed E-state index contributed by atoms with van der Waals surface area (Å²) in [7, 11) is -3.73. The number of amides is 1. The van der Waals surface area contributed by atoms with Crippen LogP contribution in [0.3, 0.4) is 0 Å². The molecule has 0 saturated carbocycles. The highest BCUT2D eigenvalue weighted by molar-refractivity contribution is 7.89. The van der Waals surface area contributed by atoms with Crippen LogP contribution in [0.15, 0.2) is 41.3 Å². The van der Waals surface area contributed by atoms with Gasteiger partial charge in [0.05, 0.1) is 34.5 Å². The summed E-state index contributed by atoms with van der Waals surface area (Å²) in [5.74, 6) is -0.821. The molecule has 33 heavy (non-hydrogen) atoms. The maximum atomic E-state index is 13.2. The predicted octanol–water partition coefficient (Wildman–Crippen LogP) is 3.12. The smallest absolute Gasteiger partial charge is 0.262 e. The molecule has 0 aromatic heterocycles. The molecule has 0 unspecified atom stereocenters. The fraction of sp³-hybridized carbons (Fsp3) is 0.409. The molecule has 2 aromatic carbocycles. The first-order valence-corrected chi connectivity index (χ1v) is 12.5. The van der Waals surface area contributed by atoms with Gasteiger partial charge in [-0.05, 0) is 49.2 Å². The van der Waals surface area contributed by atoms with Gasteiger partial charge >= 0.3 is 0 Å². The van der Waals surface area contributed by atoms with E-state index < -0.39 is 21.7 Å². The summed E-state index contributed by atoms with van der Waals surface area (Å²) in [6, 6.07) is 8.41. The number of hydrogen-bond donors (Lipinski definition) is 1. The van der Waals surface area contributed by atoms with Crippen LogP contribution in [0.5, 0.6) is 5.75 Å². The maximum Gasteiger partial charge on any atom is 0.262 e. The molecule has 2 aromatic rings. The number of hydrogen-bond acceptors (Lipinski definition) is 6. The van der Waals surface area contributed by atoms with Crippen molar-refractivity contribution < 1.29 is 27.1 Å². The minimum atomic E-state index is -3.73. The Kier molecular flexibility index (Phi) is 7.38. The van der Waals surface area contributed by atoms with E-state index in [2.05, 4.69) is 10.2 Å². The number of carbonyl (C=O) groups excluding carboxylic acids is 1. The molecule has 0 atom stereocenters. The Balaban J connectivity index is 1.55. The largest absolute Gasteiger partial charge is 0.482 e. The number of rotatable bonds is 7. The number of morpholine rings is 1. The molecule has 2 saturated heterocycles. The van der Waals surface area contributed by atoms with Crippen molar-refractivity contribution in [3.8, 4) is 5.75 Å². The predicted molar refractivity (Wildman–Crippen MR) is 123 cm³/mol. The van der Waals surface area contributed by atoms with Crippen molar-refractivity contribution >= 4 is 38.9 Å². The number of halogens is 2. The van der Waals surface area contributed by atoms with Gasteiger partial charge in [-0.25, -0.2) is 12.8 Å². The lowest BCUT2D eigenvalue weighted by molar-refractivity contribution is -0.118. The number of sulfonamides is 1. The first kappa shape index (κ1) is 23.7. The molecule has 1 amide bonds. The molecule has 0 spiro atoms. The fourth-order valence-corrected chi connectivity index (χ4v) is 5.52. The second-order valence-corrected chi connectivity index (χ2v) is 10.1. The van der Waals surface area contributed by atoms with Crippen LogP contribution < -0.4 is 15.0 Å². The Morgan fingerprint density at radius 1 is 1.09 bits per heavy atom. The quantitative estimate of drug-likeness (QED) is 0.632. The Labute approximate surface area is 197 Å². The molecule has 2 fully saturated rings. The van der Waals surface area contributed by atoms with Crippen LogP contribution in [-0.2, 0) is 19.6 Å². The van der Waals surface area contributed by atoms with Gasteiger partial charge < -0.3 is 19.7 Å². The van der Waals surface area contributed by atoms with Crippen LogP contribution in [0.4, 0.5) is 15.8 Å². The van der Waals surface area contributed by atoms with E-state index in [1.807, 2.05) is 0 Å². The number of nitrogens with one attached hydrogen (secondary N) is 1. The summed E-state index contributed by atoms with van der Waals surface area (Å²) < 4.78 is 51.5. The summed E-state index contributed by atoms with van der Waals surface area (Å²) in [6.45, 7) is 2.52. The lowest BCUT2D eigenvalue weighted by atomic mass is 10.2. The first-order chi connectivity index (χ1) is 15.8. The Morgan fingerprint density at radius 3 is 2.52 bits per heavy atom. The normalized spacial score (nSPS) is 17.2. The third-order valence-electron chi connectivity index (χ3n) is 5.55. The summed E-state index contributed by atoms with van der Waals surface area (Å²) in [4.78, 5) is 14.9. The van der Waals surface area contributed by atoms with E-state index in [-0.39, 0.29) is 35.4 Å². The summed E-state index contributed by atoms with van der Waals surface area (Å²) in [6.07, 6.45) is 2.04. The minimum Gasteiger partial charge on any atom is -0.482 e. The Hall–Kier alpha value is -2.40. The van der Waals surface area contributed by atoms with Gasteiger partial charge in [0.1, 0.15) is 11.6 Å². The number of anilines is 2. The Bertz CT molecular complexity index is 1120. The van der Waals surface area contributed by atoms with Crippen molar-refractivity contribution in [1.82, 2.24) is 4.31 Å². The van der Waals surface area contributed by atoms with Crippen LogP contribution >= 0.6 is 11.6 Å². The lowest BCUT2D eigenvalue weighted by Gasteiger charge is -2.27. The molecule has 2 aliphatic rings. The maximum absolute atomic E-state index is 13.2. The molecule has 0 aliphatic carbocycles. The SMILES string of the molecule is O=C(COc1ccc(F)cc1Cl)Nc1cc(S(=O)(=O)N2CCOCC2)ccc1N1CCCC1. The second-order valence-electron chi connectivity index (χ2n) is 7.80. The highest BCUT2D eigenvalue weighted by atomic mass is 35.5. The van der Waals surface area contributed by atoms with Crippen molar-refractivity contribution in [3.63, 3.8) is 0 Å². The van der Waals surface area contributed by atoms with Gasteiger partial charge in [0, 0.05) is 26.2 Å². The Morgan fingerprint density at radius 2 is 1.82 bits per heavy atom. The second kappa shape index (κ2) is 10.3. The van der Waals surface area contributed by atoms with Gasteiger partial charge in [-0.15, -0.1) is 0 Å². The van der Waals surface area contributed by atoms with Gasteiger partial charge in [0.25, 0.3) is 5.91 Å². The molecule has 178 valence electrons. The summed E-state index contributed by atoms with van der Waals surface area (Å²) >= 11 is 5.95. The van der Waals surface area contributed by atoms with Crippen LogP contribution in [0.2, 0.25) is 5.02 Å². The zero-order chi connectivity index (χ0) is 23.4. The third-order valence-corrected chi connectivity index (χ3v) is 7.74. The molecule has 1 N–H and O–H groups in total. The van der Waals surface area contributed by atoms with Crippen LogP contribution in [0.1, 0.15) is 12.8 Å². The number of carbonyl (C=O) groups is 1. The average molecular weight is 498 g/mol. The highest BCUT2D eigenvalue weighted by Crippen LogP contribution is 2.33. The standard InChI is InChI=1S/C22H25ClFN3O5S/c23-18-13-16(24)3-6-21(18)32-15-22(28)25-19-14-17(4-5-20(19)26-7-1-2-8-26)33(29,30)27-9-11-31-12-10-27/h3-6,13-14H,1-2,7-12,15H2,(H,25,28). The number of nitrogens with zero attached hydrogens (tertiary/aromatic N) is 2. The molecular formula is C22H25ClFN3O5S. The van der Waals surface area contributed by atoms with Crippen molar-refractivity contribution in [2.45, 2.75) is 17.7 Å². The van der Waals surface area contributed by atoms with Crippen molar-refractivity contribution in [3.05, 3.63) is 47.2 Å². The highest BCUT2D eigenvalue weighted by Gasteiger charge is 2.28. The lowest BCUT2D eigenvalue weighted by Crippen LogP contribution is -2.40. The van der Waals surface area contributed by atoms with E-state index in [0.29, 0.717) is 18.9 Å². The molecule has 2 heterocycles. The molecule has 11 heteroatoms.